The Labute approximate surface area is 65.0 Å². The third kappa shape index (κ3) is 1.70. The van der Waals surface area contributed by atoms with Gasteiger partial charge in [0.1, 0.15) is 5.50 Å². The number of aromatic nitrogens is 3. The summed E-state index contributed by atoms with van der Waals surface area (Å²) in [6.45, 7) is 2.09. The molecule has 0 spiro atoms. The number of alkyl halides is 1. The maximum atomic E-state index is 5.91. The summed E-state index contributed by atoms with van der Waals surface area (Å²) in [5, 5.41) is 7.42. The number of hydrogen-bond donors (Lipinski definition) is 0. The maximum Gasteiger partial charge on any atom is 0.127 e. The van der Waals surface area contributed by atoms with Gasteiger partial charge in [0.25, 0.3) is 0 Å². The molecule has 0 radical (unpaired) electrons. The Morgan fingerprint density at radius 1 is 1.70 bits per heavy atom. The largest absolute Gasteiger partial charge is 0.235 e. The molecule has 0 fully saturated rings. The van der Waals surface area contributed by atoms with Gasteiger partial charge in [-0.05, 0) is 6.42 Å². The minimum Gasteiger partial charge on any atom is -0.235 e. The molecule has 1 rings (SSSR count). The number of rotatable bonds is 3. The van der Waals surface area contributed by atoms with Crippen molar-refractivity contribution in [3.05, 3.63) is 12.4 Å². The summed E-state index contributed by atoms with van der Waals surface area (Å²) in [6, 6.07) is 0. The Kier molecular flexibility index (Phi) is 2.68. The van der Waals surface area contributed by atoms with Crippen molar-refractivity contribution in [3.8, 4) is 0 Å². The summed E-state index contributed by atoms with van der Waals surface area (Å²) >= 11 is 5.91. The molecule has 0 aliphatic carbocycles. The second-order valence-corrected chi connectivity index (χ2v) is 2.61. The van der Waals surface area contributed by atoms with Gasteiger partial charge in [-0.15, -0.1) is 5.10 Å². The van der Waals surface area contributed by atoms with Crippen LogP contribution >= 0.6 is 11.6 Å². The van der Waals surface area contributed by atoms with E-state index in [1.54, 1.807) is 17.1 Å². The summed E-state index contributed by atoms with van der Waals surface area (Å²) < 4.78 is 1.66. The van der Waals surface area contributed by atoms with Crippen LogP contribution in [-0.4, -0.2) is 15.0 Å². The first-order valence-electron chi connectivity index (χ1n) is 3.34. The van der Waals surface area contributed by atoms with Crippen LogP contribution in [0.3, 0.4) is 0 Å². The zero-order chi connectivity index (χ0) is 7.40. The lowest BCUT2D eigenvalue weighted by Crippen LogP contribution is -2.02. The van der Waals surface area contributed by atoms with Crippen LogP contribution < -0.4 is 0 Å². The Balaban J connectivity index is 2.50. The molecule has 1 aromatic heterocycles. The molecule has 0 saturated heterocycles. The van der Waals surface area contributed by atoms with Crippen LogP contribution in [0.25, 0.3) is 0 Å². The van der Waals surface area contributed by atoms with Gasteiger partial charge in [-0.2, -0.15) is 0 Å². The highest BCUT2D eigenvalue weighted by atomic mass is 35.5. The second-order valence-electron chi connectivity index (χ2n) is 2.11. The van der Waals surface area contributed by atoms with E-state index in [-0.39, 0.29) is 5.50 Å². The van der Waals surface area contributed by atoms with Crippen LogP contribution in [0.2, 0.25) is 0 Å². The van der Waals surface area contributed by atoms with E-state index < -0.39 is 0 Å². The van der Waals surface area contributed by atoms with Gasteiger partial charge in [0.05, 0.1) is 6.20 Å². The fourth-order valence-electron chi connectivity index (χ4n) is 0.737. The maximum absolute atomic E-state index is 5.91. The first-order valence-corrected chi connectivity index (χ1v) is 3.78. The topological polar surface area (TPSA) is 30.7 Å². The molecule has 56 valence electrons. The van der Waals surface area contributed by atoms with E-state index in [2.05, 4.69) is 17.2 Å². The monoisotopic (exact) mass is 159 g/mol. The van der Waals surface area contributed by atoms with Gasteiger partial charge in [0.15, 0.2) is 0 Å². The van der Waals surface area contributed by atoms with Gasteiger partial charge in [-0.25, -0.2) is 4.68 Å². The second kappa shape index (κ2) is 3.56. The van der Waals surface area contributed by atoms with Gasteiger partial charge in [0, 0.05) is 6.20 Å². The molecule has 1 atom stereocenters. The molecule has 1 aromatic rings. The number of halogens is 1. The molecule has 0 amide bonds. The lowest BCUT2D eigenvalue weighted by molar-refractivity contribution is 0.529. The molecular weight excluding hydrogens is 150 g/mol. The quantitative estimate of drug-likeness (QED) is 0.630. The summed E-state index contributed by atoms with van der Waals surface area (Å²) in [6.07, 6.45) is 5.40. The van der Waals surface area contributed by atoms with E-state index in [4.69, 9.17) is 11.6 Å². The minimum atomic E-state index is -0.0347. The molecule has 3 nitrogen and oxygen atoms in total. The summed E-state index contributed by atoms with van der Waals surface area (Å²) in [5.41, 5.74) is -0.0347. The Bertz CT molecular complexity index is 173. The summed E-state index contributed by atoms with van der Waals surface area (Å²) in [4.78, 5) is 0. The lowest BCUT2D eigenvalue weighted by Gasteiger charge is -2.05. The van der Waals surface area contributed by atoms with Crippen LogP contribution in [0, 0.1) is 0 Å². The predicted molar refractivity (Wildman–Crippen MR) is 39.8 cm³/mol. The van der Waals surface area contributed by atoms with Crippen LogP contribution in [0.1, 0.15) is 25.3 Å². The molecule has 10 heavy (non-hydrogen) atoms. The third-order valence-electron chi connectivity index (χ3n) is 1.25. The number of hydrogen-bond acceptors (Lipinski definition) is 2. The van der Waals surface area contributed by atoms with E-state index >= 15 is 0 Å². The minimum absolute atomic E-state index is 0.0347. The zero-order valence-corrected chi connectivity index (χ0v) is 6.62. The van der Waals surface area contributed by atoms with Crippen molar-refractivity contribution >= 4 is 11.6 Å². The average Bonchev–Trinajstić information content (AvgIpc) is 2.38. The highest BCUT2D eigenvalue weighted by molar-refractivity contribution is 6.18. The Morgan fingerprint density at radius 2 is 2.50 bits per heavy atom. The van der Waals surface area contributed by atoms with Crippen LogP contribution in [0.15, 0.2) is 12.4 Å². The van der Waals surface area contributed by atoms with E-state index in [1.165, 1.54) is 0 Å². The van der Waals surface area contributed by atoms with Crippen molar-refractivity contribution < 1.29 is 0 Å². The van der Waals surface area contributed by atoms with Crippen LogP contribution in [0.5, 0.6) is 0 Å². The van der Waals surface area contributed by atoms with Gasteiger partial charge in [0.2, 0.25) is 0 Å². The first-order chi connectivity index (χ1) is 4.84. The van der Waals surface area contributed by atoms with E-state index in [0.717, 1.165) is 12.8 Å². The van der Waals surface area contributed by atoms with Crippen molar-refractivity contribution in [3.63, 3.8) is 0 Å². The van der Waals surface area contributed by atoms with E-state index in [1.807, 2.05) is 0 Å². The van der Waals surface area contributed by atoms with Gasteiger partial charge < -0.3 is 0 Å². The van der Waals surface area contributed by atoms with Crippen molar-refractivity contribution in [2.24, 2.45) is 0 Å². The normalized spacial score (nSPS) is 13.4. The van der Waals surface area contributed by atoms with E-state index in [0.29, 0.717) is 0 Å². The predicted octanol–water partition coefficient (Wildman–Crippen LogP) is 1.82. The standard InChI is InChI=1S/C6H10ClN3/c1-2-3-6(7)10-5-4-8-9-10/h4-6H,2-3H2,1H3. The Hall–Kier alpha value is -0.570. The molecule has 1 heterocycles. The van der Waals surface area contributed by atoms with E-state index in [9.17, 15) is 0 Å². The van der Waals surface area contributed by atoms with Crippen molar-refractivity contribution in [2.75, 3.05) is 0 Å². The summed E-state index contributed by atoms with van der Waals surface area (Å²) in [7, 11) is 0. The van der Waals surface area contributed by atoms with Gasteiger partial charge >= 0.3 is 0 Å². The fourth-order valence-corrected chi connectivity index (χ4v) is 1.06. The highest BCUT2D eigenvalue weighted by Crippen LogP contribution is 2.15. The summed E-state index contributed by atoms with van der Waals surface area (Å²) in [5.74, 6) is 0. The zero-order valence-electron chi connectivity index (χ0n) is 5.87. The van der Waals surface area contributed by atoms with Crippen molar-refractivity contribution in [1.29, 1.82) is 0 Å². The molecule has 0 aliphatic heterocycles. The molecule has 1 unspecified atom stereocenters. The van der Waals surface area contributed by atoms with Gasteiger partial charge in [-0.1, -0.05) is 30.2 Å². The molecule has 4 heteroatoms. The fraction of sp³-hybridized carbons (Fsp3) is 0.667. The smallest absolute Gasteiger partial charge is 0.127 e. The molecule has 0 N–H and O–H groups in total. The lowest BCUT2D eigenvalue weighted by atomic mass is 10.3. The van der Waals surface area contributed by atoms with Crippen LogP contribution in [0.4, 0.5) is 0 Å². The Morgan fingerprint density at radius 3 is 3.00 bits per heavy atom. The van der Waals surface area contributed by atoms with Crippen molar-refractivity contribution in [1.82, 2.24) is 15.0 Å². The van der Waals surface area contributed by atoms with Crippen LogP contribution in [-0.2, 0) is 0 Å². The molecule has 0 bridgehead atoms. The first kappa shape index (κ1) is 7.54. The average molecular weight is 160 g/mol. The molecule has 0 aromatic carbocycles. The SMILES string of the molecule is CCCC(Cl)n1ccnn1. The third-order valence-corrected chi connectivity index (χ3v) is 1.67. The van der Waals surface area contributed by atoms with Crippen molar-refractivity contribution in [2.45, 2.75) is 25.3 Å². The number of nitrogens with zero attached hydrogens (tertiary/aromatic N) is 3. The molecule has 0 saturated carbocycles. The molecular formula is C6H10ClN3. The van der Waals surface area contributed by atoms with Gasteiger partial charge in [-0.3, -0.25) is 0 Å². The molecule has 0 aliphatic rings. The highest BCUT2D eigenvalue weighted by Gasteiger charge is 2.03.